The van der Waals surface area contributed by atoms with Gasteiger partial charge in [-0.05, 0) is 43.9 Å². The van der Waals surface area contributed by atoms with Gasteiger partial charge in [-0.2, -0.15) is 0 Å². The van der Waals surface area contributed by atoms with E-state index in [-0.39, 0.29) is 18.4 Å². The number of hydrogen-bond donors (Lipinski definition) is 2. The van der Waals surface area contributed by atoms with Crippen LogP contribution in [0.1, 0.15) is 31.4 Å². The van der Waals surface area contributed by atoms with Crippen LogP contribution in [0, 0.1) is 5.92 Å². The molecule has 3 rings (SSSR count). The molecule has 24 heavy (non-hydrogen) atoms. The van der Waals surface area contributed by atoms with Crippen molar-refractivity contribution in [2.24, 2.45) is 5.92 Å². The smallest absolute Gasteiger partial charge is 0.325 e. The summed E-state index contributed by atoms with van der Waals surface area (Å²) in [5.41, 5.74) is -0.382. The van der Waals surface area contributed by atoms with Gasteiger partial charge in [0.15, 0.2) is 0 Å². The number of urea groups is 1. The van der Waals surface area contributed by atoms with Crippen molar-refractivity contribution in [1.82, 2.24) is 10.2 Å². The van der Waals surface area contributed by atoms with Gasteiger partial charge in [0, 0.05) is 5.56 Å². The summed E-state index contributed by atoms with van der Waals surface area (Å²) in [6.45, 7) is 1.62. The van der Waals surface area contributed by atoms with E-state index in [1.165, 1.54) is 14.2 Å². The second-order valence-electron chi connectivity index (χ2n) is 6.45. The second kappa shape index (κ2) is 5.98. The first-order chi connectivity index (χ1) is 11.4. The van der Waals surface area contributed by atoms with E-state index in [0.717, 1.165) is 17.7 Å². The van der Waals surface area contributed by atoms with E-state index in [9.17, 15) is 14.7 Å². The molecule has 1 aromatic rings. The van der Waals surface area contributed by atoms with Crippen LogP contribution in [0.25, 0.3) is 0 Å². The molecule has 3 amide bonds. The number of imide groups is 1. The fourth-order valence-corrected chi connectivity index (χ4v) is 3.19. The Morgan fingerprint density at radius 1 is 1.33 bits per heavy atom. The van der Waals surface area contributed by atoms with E-state index in [1.807, 2.05) is 0 Å². The fraction of sp³-hybridized carbons (Fsp3) is 0.529. The van der Waals surface area contributed by atoms with E-state index >= 15 is 0 Å². The molecule has 0 unspecified atom stereocenters. The molecule has 2 aliphatic rings. The molecular formula is C17H22N2O5. The number of nitrogens with zero attached hydrogens (tertiary/aromatic N) is 1. The van der Waals surface area contributed by atoms with Gasteiger partial charge in [-0.25, -0.2) is 4.79 Å². The average molecular weight is 334 g/mol. The van der Waals surface area contributed by atoms with Crippen LogP contribution in [-0.4, -0.2) is 48.2 Å². The summed E-state index contributed by atoms with van der Waals surface area (Å²) >= 11 is 0. The zero-order chi connectivity index (χ0) is 17.5. The molecule has 1 heterocycles. The Balaban J connectivity index is 1.81. The minimum Gasteiger partial charge on any atom is -0.497 e. The molecular weight excluding hydrogens is 312 g/mol. The van der Waals surface area contributed by atoms with Crippen LogP contribution in [0.3, 0.4) is 0 Å². The lowest BCUT2D eigenvalue weighted by Crippen LogP contribution is -2.46. The number of methoxy groups -OCH3 is 2. The normalized spacial score (nSPS) is 24.8. The van der Waals surface area contributed by atoms with Crippen molar-refractivity contribution < 1.29 is 24.2 Å². The molecule has 2 fully saturated rings. The maximum atomic E-state index is 12.6. The van der Waals surface area contributed by atoms with E-state index < -0.39 is 17.7 Å². The molecule has 0 spiro atoms. The number of carbonyl (C=O) groups excluding carboxylic acids is 2. The lowest BCUT2D eigenvalue weighted by Gasteiger charge is -2.23. The molecule has 130 valence electrons. The first-order valence-electron chi connectivity index (χ1n) is 7.94. The standard InChI is InChI=1S/C17H22N2O5/c1-17(10-4-5-10)15(21)19(16(22)18-17)9-13(20)12-8-11(23-2)6-7-14(12)24-3/h6-8,10,13,20H,4-5,9H2,1-3H3,(H,18,22)/t13-,17+/m0/s1. The topological polar surface area (TPSA) is 88.1 Å². The molecule has 1 aromatic carbocycles. The van der Waals surface area contributed by atoms with Crippen LogP contribution in [0.15, 0.2) is 18.2 Å². The van der Waals surface area contributed by atoms with Crippen LogP contribution in [0.5, 0.6) is 11.5 Å². The zero-order valence-electron chi connectivity index (χ0n) is 14.0. The quantitative estimate of drug-likeness (QED) is 0.769. The van der Waals surface area contributed by atoms with E-state index in [4.69, 9.17) is 9.47 Å². The van der Waals surface area contributed by atoms with Gasteiger partial charge in [0.05, 0.1) is 20.8 Å². The second-order valence-corrected chi connectivity index (χ2v) is 6.45. The van der Waals surface area contributed by atoms with Crippen molar-refractivity contribution in [3.8, 4) is 11.5 Å². The predicted octanol–water partition coefficient (Wildman–Crippen LogP) is 1.46. The average Bonchev–Trinajstić information content (AvgIpc) is 3.40. The van der Waals surface area contributed by atoms with Crippen LogP contribution >= 0.6 is 0 Å². The molecule has 1 aliphatic heterocycles. The highest BCUT2D eigenvalue weighted by molar-refractivity contribution is 6.07. The maximum Gasteiger partial charge on any atom is 0.325 e. The van der Waals surface area contributed by atoms with Crippen molar-refractivity contribution in [1.29, 1.82) is 0 Å². The number of aliphatic hydroxyl groups is 1. The Labute approximate surface area is 140 Å². The zero-order valence-corrected chi connectivity index (χ0v) is 14.0. The molecule has 2 N–H and O–H groups in total. The van der Waals surface area contributed by atoms with E-state index in [0.29, 0.717) is 17.1 Å². The number of carbonyl (C=O) groups is 2. The Kier molecular flexibility index (Phi) is 4.13. The van der Waals surface area contributed by atoms with Crippen LogP contribution in [-0.2, 0) is 4.79 Å². The summed E-state index contributed by atoms with van der Waals surface area (Å²) in [6.07, 6.45) is 0.803. The summed E-state index contributed by atoms with van der Waals surface area (Å²) in [4.78, 5) is 25.9. The highest BCUT2D eigenvalue weighted by Crippen LogP contribution is 2.43. The fourth-order valence-electron chi connectivity index (χ4n) is 3.19. The van der Waals surface area contributed by atoms with Gasteiger partial charge < -0.3 is 19.9 Å². The summed E-state index contributed by atoms with van der Waals surface area (Å²) in [6, 6.07) is 4.57. The number of hydrogen-bond acceptors (Lipinski definition) is 5. The number of amides is 3. The van der Waals surface area contributed by atoms with Gasteiger partial charge in [0.1, 0.15) is 23.1 Å². The van der Waals surface area contributed by atoms with Crippen LogP contribution in [0.4, 0.5) is 4.79 Å². The lowest BCUT2D eigenvalue weighted by atomic mass is 9.96. The van der Waals surface area contributed by atoms with Crippen molar-refractivity contribution >= 4 is 11.9 Å². The molecule has 1 saturated carbocycles. The molecule has 7 nitrogen and oxygen atoms in total. The lowest BCUT2D eigenvalue weighted by molar-refractivity contribution is -0.132. The summed E-state index contributed by atoms with van der Waals surface area (Å²) in [5, 5.41) is 13.3. The molecule has 7 heteroatoms. The largest absolute Gasteiger partial charge is 0.497 e. The van der Waals surface area contributed by atoms with Crippen molar-refractivity contribution in [2.45, 2.75) is 31.4 Å². The number of rotatable bonds is 6. The number of ether oxygens (including phenoxy) is 2. The SMILES string of the molecule is COc1ccc(OC)c([C@@H](O)CN2C(=O)N[C@](C)(C3CC3)C2=O)c1. The molecule has 0 aromatic heterocycles. The third-order valence-electron chi connectivity index (χ3n) is 4.85. The molecule has 0 bridgehead atoms. The molecule has 2 atom stereocenters. The van der Waals surface area contributed by atoms with Crippen molar-refractivity contribution in [3.63, 3.8) is 0 Å². The minimum absolute atomic E-state index is 0.128. The number of nitrogens with one attached hydrogen (secondary N) is 1. The van der Waals surface area contributed by atoms with Crippen molar-refractivity contribution in [2.75, 3.05) is 20.8 Å². The van der Waals surface area contributed by atoms with Gasteiger partial charge in [-0.1, -0.05) is 0 Å². The number of β-amino-alcohol motifs (C(OH)–C–C–N with tert-alkyl or cyclic N) is 1. The van der Waals surface area contributed by atoms with Crippen LogP contribution < -0.4 is 14.8 Å². The number of benzene rings is 1. The maximum absolute atomic E-state index is 12.6. The van der Waals surface area contributed by atoms with Crippen LogP contribution in [0.2, 0.25) is 0 Å². The highest BCUT2D eigenvalue weighted by Gasteiger charge is 2.56. The molecule has 0 radical (unpaired) electrons. The summed E-state index contributed by atoms with van der Waals surface area (Å²) in [7, 11) is 3.02. The van der Waals surface area contributed by atoms with Gasteiger partial charge in [0.25, 0.3) is 5.91 Å². The summed E-state index contributed by atoms with van der Waals surface area (Å²) in [5.74, 6) is 0.934. The Morgan fingerprint density at radius 2 is 2.04 bits per heavy atom. The van der Waals surface area contributed by atoms with E-state index in [1.54, 1.807) is 25.1 Å². The third kappa shape index (κ3) is 2.69. The first kappa shape index (κ1) is 16.6. The molecule has 1 aliphatic carbocycles. The van der Waals surface area contributed by atoms with Gasteiger partial charge >= 0.3 is 6.03 Å². The van der Waals surface area contributed by atoms with Gasteiger partial charge in [0.2, 0.25) is 0 Å². The van der Waals surface area contributed by atoms with Crippen molar-refractivity contribution in [3.05, 3.63) is 23.8 Å². The van der Waals surface area contributed by atoms with E-state index in [2.05, 4.69) is 5.32 Å². The minimum atomic E-state index is -1.06. The Bertz CT molecular complexity index is 673. The predicted molar refractivity (Wildman–Crippen MR) is 85.9 cm³/mol. The monoisotopic (exact) mass is 334 g/mol. The third-order valence-corrected chi connectivity index (χ3v) is 4.85. The van der Waals surface area contributed by atoms with Gasteiger partial charge in [-0.3, -0.25) is 9.69 Å². The number of aliphatic hydroxyl groups excluding tert-OH is 1. The first-order valence-corrected chi connectivity index (χ1v) is 7.94. The Morgan fingerprint density at radius 3 is 2.62 bits per heavy atom. The highest BCUT2D eigenvalue weighted by atomic mass is 16.5. The van der Waals surface area contributed by atoms with Gasteiger partial charge in [-0.15, -0.1) is 0 Å². The Hall–Kier alpha value is -2.28. The summed E-state index contributed by atoms with van der Waals surface area (Å²) < 4.78 is 10.4. The molecule has 1 saturated heterocycles.